The Balaban J connectivity index is 1.95. The van der Waals surface area contributed by atoms with Crippen LogP contribution < -0.4 is 15.4 Å². The molecule has 3 amide bonds. The summed E-state index contributed by atoms with van der Waals surface area (Å²) in [5.41, 5.74) is 1.07. The van der Waals surface area contributed by atoms with E-state index >= 15 is 0 Å². The molecule has 8 nitrogen and oxygen atoms in total. The summed E-state index contributed by atoms with van der Waals surface area (Å²) in [6.45, 7) is 0.206. The number of amides is 3. The predicted octanol–water partition coefficient (Wildman–Crippen LogP) is 3.27. The van der Waals surface area contributed by atoms with Crippen molar-refractivity contribution in [2.45, 2.75) is 11.4 Å². The largest absolute Gasteiger partial charge is 0.464 e. The van der Waals surface area contributed by atoms with Gasteiger partial charge in [-0.25, -0.2) is 22.7 Å². The Morgan fingerprint density at radius 2 is 1.65 bits per heavy atom. The van der Waals surface area contributed by atoms with Crippen molar-refractivity contribution in [3.05, 3.63) is 58.1 Å². The van der Waals surface area contributed by atoms with E-state index in [1.807, 2.05) is 0 Å². The lowest BCUT2D eigenvalue weighted by molar-refractivity contribution is 0.201. The fourth-order valence-corrected chi connectivity index (χ4v) is 3.06. The van der Waals surface area contributed by atoms with Gasteiger partial charge in [-0.3, -0.25) is 0 Å². The smallest absolute Gasteiger partial charge is 0.418 e. The Hall–Kier alpha value is -2.49. The van der Waals surface area contributed by atoms with Crippen LogP contribution in [0.4, 0.5) is 15.3 Å². The zero-order chi connectivity index (χ0) is 19.3. The van der Waals surface area contributed by atoms with Crippen molar-refractivity contribution < 1.29 is 23.1 Å². The molecule has 0 bridgehead atoms. The molecule has 0 aromatic heterocycles. The van der Waals surface area contributed by atoms with Crippen molar-refractivity contribution in [2.24, 2.45) is 0 Å². The zero-order valence-electron chi connectivity index (χ0n) is 13.0. The van der Waals surface area contributed by atoms with E-state index in [0.717, 1.165) is 5.56 Å². The van der Waals surface area contributed by atoms with E-state index in [0.29, 0.717) is 15.7 Å². The van der Waals surface area contributed by atoms with Crippen molar-refractivity contribution in [1.82, 2.24) is 10.0 Å². The summed E-state index contributed by atoms with van der Waals surface area (Å²) in [6, 6.07) is 9.42. The fourth-order valence-electron chi connectivity index (χ4n) is 1.90. The van der Waals surface area contributed by atoms with Gasteiger partial charge >= 0.3 is 12.1 Å². The number of carbonyl (C=O) groups excluding carboxylic acids is 1. The first-order valence-electron chi connectivity index (χ1n) is 7.02. The molecular formula is C15H13Cl2N3O5S. The van der Waals surface area contributed by atoms with Gasteiger partial charge in [-0.05, 0) is 42.0 Å². The van der Waals surface area contributed by atoms with Gasteiger partial charge in [0.2, 0.25) is 0 Å². The lowest BCUT2D eigenvalue weighted by Gasteiger charge is -2.09. The summed E-state index contributed by atoms with van der Waals surface area (Å²) in [5, 5.41) is 14.4. The number of rotatable bonds is 5. The third-order valence-corrected chi connectivity index (χ3v) is 5.16. The topological polar surface area (TPSA) is 125 Å². The molecule has 0 saturated heterocycles. The second-order valence-electron chi connectivity index (χ2n) is 4.99. The van der Waals surface area contributed by atoms with E-state index in [-0.39, 0.29) is 11.4 Å². The third-order valence-electron chi connectivity index (χ3n) is 3.08. The first kappa shape index (κ1) is 19.8. The Kier molecular flexibility index (Phi) is 6.30. The van der Waals surface area contributed by atoms with Gasteiger partial charge in [-0.1, -0.05) is 29.3 Å². The molecule has 0 atom stereocenters. The van der Waals surface area contributed by atoms with Crippen LogP contribution in [0.25, 0.3) is 0 Å². The molecule has 2 aromatic rings. The molecule has 4 N–H and O–H groups in total. The molecule has 0 aliphatic heterocycles. The SMILES string of the molecule is O=C(O)NS(=O)(=O)c1ccc(NC(=O)NCc2ccc(Cl)c(Cl)c2)cc1. The molecule has 138 valence electrons. The molecule has 0 fully saturated rings. The maximum atomic E-state index is 11.9. The van der Waals surface area contributed by atoms with E-state index in [1.165, 1.54) is 29.0 Å². The van der Waals surface area contributed by atoms with Crippen molar-refractivity contribution in [2.75, 3.05) is 5.32 Å². The first-order valence-corrected chi connectivity index (χ1v) is 9.26. The average molecular weight is 418 g/mol. The number of hydrogen-bond donors (Lipinski definition) is 4. The number of nitrogens with one attached hydrogen (secondary N) is 3. The Morgan fingerprint density at radius 3 is 2.23 bits per heavy atom. The number of halogens is 2. The number of anilines is 1. The molecule has 0 aliphatic rings. The number of hydrogen-bond acceptors (Lipinski definition) is 4. The van der Waals surface area contributed by atoms with Gasteiger partial charge in [0.05, 0.1) is 14.9 Å². The highest BCUT2D eigenvalue weighted by molar-refractivity contribution is 7.90. The molecular weight excluding hydrogens is 405 g/mol. The minimum Gasteiger partial charge on any atom is -0.464 e. The molecule has 0 aliphatic carbocycles. The molecule has 0 radical (unpaired) electrons. The van der Waals surface area contributed by atoms with Crippen molar-refractivity contribution in [3.8, 4) is 0 Å². The molecule has 0 saturated carbocycles. The molecule has 0 unspecified atom stereocenters. The lowest BCUT2D eigenvalue weighted by atomic mass is 10.2. The van der Waals surface area contributed by atoms with Gasteiger partial charge in [-0.15, -0.1) is 0 Å². The maximum absolute atomic E-state index is 11.9. The monoisotopic (exact) mass is 417 g/mol. The Bertz CT molecular complexity index is 933. The van der Waals surface area contributed by atoms with Crippen molar-refractivity contribution >= 4 is 51.0 Å². The maximum Gasteiger partial charge on any atom is 0.418 e. The molecule has 2 aromatic carbocycles. The van der Waals surface area contributed by atoms with Gasteiger partial charge in [0, 0.05) is 12.2 Å². The summed E-state index contributed by atoms with van der Waals surface area (Å²) < 4.78 is 24.8. The Morgan fingerprint density at radius 1 is 1.00 bits per heavy atom. The van der Waals surface area contributed by atoms with Crippen LogP contribution in [-0.4, -0.2) is 25.6 Å². The molecule has 0 spiro atoms. The molecule has 2 rings (SSSR count). The van der Waals surface area contributed by atoms with Gasteiger partial charge in [0.25, 0.3) is 10.0 Å². The standard InChI is InChI=1S/C15H13Cl2N3O5S/c16-12-6-1-9(7-13(12)17)8-18-14(21)19-10-2-4-11(5-3-10)26(24,25)20-15(22)23/h1-7,20H,8H2,(H,22,23)(H2,18,19,21). The summed E-state index contributed by atoms with van der Waals surface area (Å²) in [4.78, 5) is 22.1. The van der Waals surface area contributed by atoms with Crippen LogP contribution in [0, 0.1) is 0 Å². The van der Waals surface area contributed by atoms with Crippen LogP contribution in [0.1, 0.15) is 5.56 Å². The van der Waals surface area contributed by atoms with E-state index < -0.39 is 22.1 Å². The van der Waals surface area contributed by atoms with Crippen LogP contribution in [0.3, 0.4) is 0 Å². The fraction of sp³-hybridized carbons (Fsp3) is 0.0667. The predicted molar refractivity (Wildman–Crippen MR) is 97.1 cm³/mol. The van der Waals surface area contributed by atoms with Gasteiger partial charge in [-0.2, -0.15) is 0 Å². The summed E-state index contributed by atoms with van der Waals surface area (Å²) in [5.74, 6) is 0. The summed E-state index contributed by atoms with van der Waals surface area (Å²) in [6.07, 6.45) is -1.69. The molecule has 0 heterocycles. The lowest BCUT2D eigenvalue weighted by Crippen LogP contribution is -2.29. The number of sulfonamides is 1. The Labute approximate surface area is 159 Å². The van der Waals surface area contributed by atoms with E-state index in [2.05, 4.69) is 10.6 Å². The van der Waals surface area contributed by atoms with E-state index in [1.54, 1.807) is 18.2 Å². The average Bonchev–Trinajstić information content (AvgIpc) is 2.55. The van der Waals surface area contributed by atoms with Crippen molar-refractivity contribution in [1.29, 1.82) is 0 Å². The second kappa shape index (κ2) is 8.26. The van der Waals surface area contributed by atoms with E-state index in [9.17, 15) is 18.0 Å². The molecule has 11 heteroatoms. The highest BCUT2D eigenvalue weighted by Gasteiger charge is 2.16. The van der Waals surface area contributed by atoms with Gasteiger partial charge in [0.1, 0.15) is 0 Å². The number of carbonyl (C=O) groups is 2. The van der Waals surface area contributed by atoms with Crippen LogP contribution >= 0.6 is 23.2 Å². The number of urea groups is 1. The highest BCUT2D eigenvalue weighted by Crippen LogP contribution is 2.22. The van der Waals surface area contributed by atoms with Crippen LogP contribution in [-0.2, 0) is 16.6 Å². The zero-order valence-corrected chi connectivity index (χ0v) is 15.3. The normalized spacial score (nSPS) is 10.8. The minimum absolute atomic E-state index is 0.206. The summed E-state index contributed by atoms with van der Waals surface area (Å²) >= 11 is 11.7. The minimum atomic E-state index is -4.16. The van der Waals surface area contributed by atoms with Crippen molar-refractivity contribution in [3.63, 3.8) is 0 Å². The van der Waals surface area contributed by atoms with Crippen LogP contribution in [0.15, 0.2) is 47.4 Å². The number of benzene rings is 2. The van der Waals surface area contributed by atoms with E-state index in [4.69, 9.17) is 28.3 Å². The first-order chi connectivity index (χ1) is 12.2. The highest BCUT2D eigenvalue weighted by atomic mass is 35.5. The van der Waals surface area contributed by atoms with Gasteiger partial charge in [0.15, 0.2) is 0 Å². The second-order valence-corrected chi connectivity index (χ2v) is 7.49. The third kappa shape index (κ3) is 5.51. The van der Waals surface area contributed by atoms with Crippen LogP contribution in [0.2, 0.25) is 10.0 Å². The molecule has 26 heavy (non-hydrogen) atoms. The number of carboxylic acid groups (broad SMARTS) is 1. The quantitative estimate of drug-likeness (QED) is 0.593. The summed E-state index contributed by atoms with van der Waals surface area (Å²) in [7, 11) is -4.16. The van der Waals surface area contributed by atoms with Gasteiger partial charge < -0.3 is 15.7 Å². The van der Waals surface area contributed by atoms with Crippen LogP contribution in [0.5, 0.6) is 0 Å².